The maximum absolute atomic E-state index is 12.9. The van der Waals surface area contributed by atoms with E-state index in [1.807, 2.05) is 51.1 Å². The number of aryl methyl sites for hydroxylation is 1. The van der Waals surface area contributed by atoms with Crippen LogP contribution in [0, 0.1) is 6.92 Å². The van der Waals surface area contributed by atoms with Gasteiger partial charge in [0, 0.05) is 38.8 Å². The van der Waals surface area contributed by atoms with Crippen LogP contribution in [-0.4, -0.2) is 57.8 Å². The Labute approximate surface area is 161 Å². The Bertz CT molecular complexity index is 728. The Morgan fingerprint density at radius 2 is 1.63 bits per heavy atom. The molecule has 2 aromatic rings. The van der Waals surface area contributed by atoms with Crippen LogP contribution >= 0.6 is 0 Å². The average molecular weight is 368 g/mol. The Morgan fingerprint density at radius 3 is 2.22 bits per heavy atom. The van der Waals surface area contributed by atoms with Crippen molar-refractivity contribution in [3.63, 3.8) is 0 Å². The number of amides is 2. The van der Waals surface area contributed by atoms with Gasteiger partial charge < -0.3 is 9.80 Å². The minimum atomic E-state index is -0.189. The summed E-state index contributed by atoms with van der Waals surface area (Å²) in [5, 5.41) is 0. The van der Waals surface area contributed by atoms with E-state index in [1.54, 1.807) is 16.0 Å². The van der Waals surface area contributed by atoms with E-state index in [2.05, 4.69) is 9.97 Å². The van der Waals surface area contributed by atoms with Gasteiger partial charge in [0.05, 0.1) is 11.9 Å². The van der Waals surface area contributed by atoms with Gasteiger partial charge in [-0.05, 0) is 32.8 Å². The summed E-state index contributed by atoms with van der Waals surface area (Å²) in [6.07, 6.45) is 4.12. The number of nitrogens with zero attached hydrogens (tertiary/aromatic N) is 4. The first-order valence-electron chi connectivity index (χ1n) is 9.44. The smallest absolute Gasteiger partial charge is 0.274 e. The van der Waals surface area contributed by atoms with Crippen molar-refractivity contribution in [3.05, 3.63) is 59.7 Å². The summed E-state index contributed by atoms with van der Waals surface area (Å²) in [6, 6.07) is 10.0. The van der Waals surface area contributed by atoms with E-state index in [4.69, 9.17) is 0 Å². The fourth-order valence-electron chi connectivity index (χ4n) is 2.85. The third-order valence-electron chi connectivity index (χ3n) is 4.51. The zero-order chi connectivity index (χ0) is 19.6. The van der Waals surface area contributed by atoms with Gasteiger partial charge in [-0.25, -0.2) is 4.98 Å². The molecule has 0 N–H and O–H groups in total. The largest absolute Gasteiger partial charge is 0.343 e. The lowest BCUT2D eigenvalue weighted by molar-refractivity contribution is -0.131. The molecule has 0 aliphatic rings. The molecule has 0 saturated carbocycles. The van der Waals surface area contributed by atoms with Crippen LogP contribution in [0.4, 0.5) is 0 Å². The molecule has 0 aliphatic carbocycles. The monoisotopic (exact) mass is 368 g/mol. The lowest BCUT2D eigenvalue weighted by Crippen LogP contribution is -2.38. The number of carbonyl (C=O) groups excluding carboxylic acids is 2. The molecule has 0 spiro atoms. The second-order valence-corrected chi connectivity index (χ2v) is 6.39. The summed E-state index contributed by atoms with van der Waals surface area (Å²) in [5.74, 6) is -0.127. The van der Waals surface area contributed by atoms with Crippen LogP contribution in [-0.2, 0) is 11.2 Å². The Balaban J connectivity index is 2.08. The van der Waals surface area contributed by atoms with Gasteiger partial charge in [0.15, 0.2) is 0 Å². The number of carbonyl (C=O) groups is 2. The van der Waals surface area contributed by atoms with E-state index in [9.17, 15) is 9.59 Å². The van der Waals surface area contributed by atoms with Gasteiger partial charge in [-0.1, -0.05) is 30.3 Å². The van der Waals surface area contributed by atoms with Crippen molar-refractivity contribution in [3.8, 4) is 0 Å². The van der Waals surface area contributed by atoms with Crippen LogP contribution < -0.4 is 0 Å². The topological polar surface area (TPSA) is 66.4 Å². The number of hydrogen-bond acceptors (Lipinski definition) is 4. The molecule has 2 amide bonds. The van der Waals surface area contributed by atoms with Crippen LogP contribution in [0.15, 0.2) is 42.7 Å². The molecule has 0 bridgehead atoms. The van der Waals surface area contributed by atoms with E-state index in [-0.39, 0.29) is 11.8 Å². The highest BCUT2D eigenvalue weighted by molar-refractivity contribution is 5.92. The number of hydrogen-bond donors (Lipinski definition) is 0. The van der Waals surface area contributed by atoms with Gasteiger partial charge in [0.2, 0.25) is 5.91 Å². The van der Waals surface area contributed by atoms with Gasteiger partial charge in [-0.2, -0.15) is 0 Å². The zero-order valence-electron chi connectivity index (χ0n) is 16.4. The standard InChI is InChI=1S/C21H28N4O2/c1-4-24(5-2)20(26)12-14-25(13-11-18-9-7-6-8-10-18)21(27)19-16-22-17(3)15-23-19/h6-10,15-16H,4-5,11-14H2,1-3H3. The van der Waals surface area contributed by atoms with Crippen LogP contribution in [0.5, 0.6) is 0 Å². The van der Waals surface area contributed by atoms with Gasteiger partial charge in [0.1, 0.15) is 5.69 Å². The average Bonchev–Trinajstić information content (AvgIpc) is 2.70. The van der Waals surface area contributed by atoms with E-state index in [0.717, 1.165) is 17.7 Å². The fourth-order valence-corrected chi connectivity index (χ4v) is 2.85. The summed E-state index contributed by atoms with van der Waals surface area (Å²) < 4.78 is 0. The molecule has 0 unspecified atom stereocenters. The molecule has 0 atom stereocenters. The third-order valence-corrected chi connectivity index (χ3v) is 4.51. The second-order valence-electron chi connectivity index (χ2n) is 6.39. The Hall–Kier alpha value is -2.76. The van der Waals surface area contributed by atoms with E-state index in [1.165, 1.54) is 6.20 Å². The molecule has 0 fully saturated rings. The molecular formula is C21H28N4O2. The van der Waals surface area contributed by atoms with Crippen molar-refractivity contribution >= 4 is 11.8 Å². The first-order chi connectivity index (χ1) is 13.0. The highest BCUT2D eigenvalue weighted by atomic mass is 16.2. The predicted molar refractivity (Wildman–Crippen MR) is 105 cm³/mol. The molecule has 1 aromatic carbocycles. The highest BCUT2D eigenvalue weighted by Crippen LogP contribution is 2.08. The van der Waals surface area contributed by atoms with E-state index >= 15 is 0 Å². The fraction of sp³-hybridized carbons (Fsp3) is 0.429. The van der Waals surface area contributed by atoms with E-state index < -0.39 is 0 Å². The van der Waals surface area contributed by atoms with Crippen molar-refractivity contribution in [1.29, 1.82) is 0 Å². The second kappa shape index (κ2) is 10.4. The lowest BCUT2D eigenvalue weighted by atomic mass is 10.1. The predicted octanol–water partition coefficient (Wildman–Crippen LogP) is 2.73. The van der Waals surface area contributed by atoms with Crippen LogP contribution in [0.1, 0.15) is 42.0 Å². The molecule has 144 valence electrons. The van der Waals surface area contributed by atoms with Crippen LogP contribution in [0.25, 0.3) is 0 Å². The van der Waals surface area contributed by atoms with Gasteiger partial charge in [-0.3, -0.25) is 14.6 Å². The minimum Gasteiger partial charge on any atom is -0.343 e. The SMILES string of the molecule is CCN(CC)C(=O)CCN(CCc1ccccc1)C(=O)c1cnc(C)cn1. The first kappa shape index (κ1) is 20.6. The Kier molecular flexibility index (Phi) is 7.92. The molecule has 1 aromatic heterocycles. The minimum absolute atomic E-state index is 0.0625. The van der Waals surface area contributed by atoms with Crippen molar-refractivity contribution in [2.24, 2.45) is 0 Å². The molecule has 1 heterocycles. The zero-order valence-corrected chi connectivity index (χ0v) is 16.4. The molecule has 0 aliphatic heterocycles. The molecule has 0 radical (unpaired) electrons. The van der Waals surface area contributed by atoms with Crippen molar-refractivity contribution < 1.29 is 9.59 Å². The third kappa shape index (κ3) is 6.16. The molecular weight excluding hydrogens is 340 g/mol. The number of aromatic nitrogens is 2. The number of rotatable bonds is 9. The number of benzene rings is 1. The maximum Gasteiger partial charge on any atom is 0.274 e. The summed E-state index contributed by atoms with van der Waals surface area (Å²) >= 11 is 0. The van der Waals surface area contributed by atoms with Crippen LogP contribution in [0.3, 0.4) is 0 Å². The molecule has 6 heteroatoms. The van der Waals surface area contributed by atoms with Crippen molar-refractivity contribution in [1.82, 2.24) is 19.8 Å². The summed E-state index contributed by atoms with van der Waals surface area (Å²) in [7, 11) is 0. The first-order valence-corrected chi connectivity index (χ1v) is 9.44. The van der Waals surface area contributed by atoms with Crippen molar-refractivity contribution in [2.75, 3.05) is 26.2 Å². The molecule has 6 nitrogen and oxygen atoms in total. The summed E-state index contributed by atoms with van der Waals surface area (Å²) in [6.45, 7) is 8.01. The van der Waals surface area contributed by atoms with Gasteiger partial charge in [0.25, 0.3) is 5.91 Å². The molecule has 2 rings (SSSR count). The van der Waals surface area contributed by atoms with Gasteiger partial charge in [-0.15, -0.1) is 0 Å². The van der Waals surface area contributed by atoms with Crippen molar-refractivity contribution in [2.45, 2.75) is 33.6 Å². The lowest BCUT2D eigenvalue weighted by Gasteiger charge is -2.24. The molecule has 0 saturated heterocycles. The normalized spacial score (nSPS) is 10.5. The van der Waals surface area contributed by atoms with Crippen LogP contribution in [0.2, 0.25) is 0 Å². The summed E-state index contributed by atoms with van der Waals surface area (Å²) in [5.41, 5.74) is 2.23. The van der Waals surface area contributed by atoms with Gasteiger partial charge >= 0.3 is 0 Å². The summed E-state index contributed by atoms with van der Waals surface area (Å²) in [4.78, 5) is 37.1. The highest BCUT2D eigenvalue weighted by Gasteiger charge is 2.19. The maximum atomic E-state index is 12.9. The van der Waals surface area contributed by atoms with E-state index in [0.29, 0.717) is 38.3 Å². The quantitative estimate of drug-likeness (QED) is 0.683. The Morgan fingerprint density at radius 1 is 0.926 bits per heavy atom. The molecule has 27 heavy (non-hydrogen) atoms.